The highest BCUT2D eigenvalue weighted by Gasteiger charge is 2.14. The van der Waals surface area contributed by atoms with E-state index < -0.39 is 0 Å². The quantitative estimate of drug-likeness (QED) is 0.422. The first-order valence-electron chi connectivity index (χ1n) is 9.14. The monoisotopic (exact) mass is 370 g/mol. The number of methoxy groups -OCH3 is 2. The average molecular weight is 370 g/mol. The van der Waals surface area contributed by atoms with Crippen LogP contribution in [0.1, 0.15) is 11.4 Å². The third-order valence-corrected chi connectivity index (χ3v) is 4.91. The van der Waals surface area contributed by atoms with Gasteiger partial charge in [0.1, 0.15) is 11.5 Å². The molecule has 0 amide bonds. The molecule has 28 heavy (non-hydrogen) atoms. The van der Waals surface area contributed by atoms with Crippen molar-refractivity contribution in [2.45, 2.75) is 6.92 Å². The van der Waals surface area contributed by atoms with Crippen LogP contribution in [0.2, 0.25) is 0 Å². The Labute approximate surface area is 164 Å². The minimum absolute atomic E-state index is 0.821. The number of aromatic nitrogens is 1. The zero-order valence-electron chi connectivity index (χ0n) is 16.2. The van der Waals surface area contributed by atoms with Gasteiger partial charge in [-0.3, -0.25) is 4.99 Å². The van der Waals surface area contributed by atoms with E-state index in [1.54, 1.807) is 14.2 Å². The summed E-state index contributed by atoms with van der Waals surface area (Å²) in [5.74, 6) is 1.66. The molecule has 1 aromatic heterocycles. The first-order valence-corrected chi connectivity index (χ1v) is 9.14. The van der Waals surface area contributed by atoms with Crippen molar-refractivity contribution in [3.8, 4) is 17.2 Å². The van der Waals surface area contributed by atoms with Crippen LogP contribution in [0.25, 0.3) is 16.5 Å². The van der Waals surface area contributed by atoms with Crippen LogP contribution >= 0.6 is 0 Å². The predicted octanol–water partition coefficient (Wildman–Crippen LogP) is 5.71. The van der Waals surface area contributed by atoms with E-state index in [9.17, 15) is 0 Å². The second kappa shape index (κ2) is 7.61. The molecule has 0 spiro atoms. The van der Waals surface area contributed by atoms with Gasteiger partial charge in [0, 0.05) is 22.2 Å². The molecule has 0 aliphatic heterocycles. The second-order valence-corrected chi connectivity index (χ2v) is 6.51. The van der Waals surface area contributed by atoms with E-state index in [0.29, 0.717) is 0 Å². The van der Waals surface area contributed by atoms with Gasteiger partial charge in [0.2, 0.25) is 0 Å². The smallest absolute Gasteiger partial charge is 0.119 e. The fourth-order valence-electron chi connectivity index (χ4n) is 3.44. The van der Waals surface area contributed by atoms with Gasteiger partial charge in [-0.05, 0) is 55.5 Å². The molecule has 0 fully saturated rings. The highest BCUT2D eigenvalue weighted by Crippen LogP contribution is 2.29. The molecule has 4 aromatic rings. The third-order valence-electron chi connectivity index (χ3n) is 4.91. The molecule has 0 atom stereocenters. The van der Waals surface area contributed by atoms with Gasteiger partial charge in [-0.15, -0.1) is 0 Å². The van der Waals surface area contributed by atoms with Gasteiger partial charge in [0.05, 0.1) is 31.8 Å². The van der Waals surface area contributed by atoms with Crippen LogP contribution in [0.15, 0.2) is 77.8 Å². The summed E-state index contributed by atoms with van der Waals surface area (Å²) in [5, 5.41) is 2.39. The van der Waals surface area contributed by atoms with Gasteiger partial charge in [-0.2, -0.15) is 0 Å². The molecule has 0 aliphatic carbocycles. The molecule has 0 N–H and O–H groups in total. The highest BCUT2D eigenvalue weighted by atomic mass is 16.5. The molecule has 0 aliphatic rings. The van der Waals surface area contributed by atoms with Crippen molar-refractivity contribution in [3.63, 3.8) is 0 Å². The molecule has 4 nitrogen and oxygen atoms in total. The number of hydrogen-bond acceptors (Lipinski definition) is 3. The number of nitrogens with zero attached hydrogens (tertiary/aromatic N) is 2. The lowest BCUT2D eigenvalue weighted by atomic mass is 10.1. The number of fused-ring (bicyclic) bond motifs is 1. The lowest BCUT2D eigenvalue weighted by Crippen LogP contribution is -2.01. The van der Waals surface area contributed by atoms with Crippen molar-refractivity contribution >= 4 is 22.7 Å². The summed E-state index contributed by atoms with van der Waals surface area (Å²) >= 11 is 0. The number of hydrogen-bond donors (Lipinski definition) is 0. The summed E-state index contributed by atoms with van der Waals surface area (Å²) in [4.78, 5) is 4.71. The zero-order chi connectivity index (χ0) is 19.5. The molecule has 0 bridgehead atoms. The highest BCUT2D eigenvalue weighted by molar-refractivity contribution is 6.02. The van der Waals surface area contributed by atoms with Crippen molar-refractivity contribution in [2.75, 3.05) is 14.2 Å². The minimum atomic E-state index is 0.821. The molecule has 3 aromatic carbocycles. The summed E-state index contributed by atoms with van der Waals surface area (Å²) in [6, 6.07) is 24.2. The van der Waals surface area contributed by atoms with E-state index in [2.05, 4.69) is 47.9 Å². The lowest BCUT2D eigenvalue weighted by molar-refractivity contribution is 0.414. The summed E-state index contributed by atoms with van der Waals surface area (Å²) in [6.45, 7) is 2.14. The number of ether oxygens (including phenoxy) is 2. The Balaban J connectivity index is 1.84. The van der Waals surface area contributed by atoms with Crippen molar-refractivity contribution in [1.82, 2.24) is 4.57 Å². The van der Waals surface area contributed by atoms with Crippen LogP contribution in [-0.4, -0.2) is 25.0 Å². The Kier molecular flexibility index (Phi) is 4.85. The summed E-state index contributed by atoms with van der Waals surface area (Å²) < 4.78 is 12.8. The zero-order valence-corrected chi connectivity index (χ0v) is 16.2. The van der Waals surface area contributed by atoms with E-state index in [1.165, 1.54) is 16.5 Å². The van der Waals surface area contributed by atoms with E-state index >= 15 is 0 Å². The number of benzene rings is 3. The van der Waals surface area contributed by atoms with Gasteiger partial charge >= 0.3 is 0 Å². The van der Waals surface area contributed by atoms with Gasteiger partial charge in [0.15, 0.2) is 0 Å². The van der Waals surface area contributed by atoms with Gasteiger partial charge in [-0.25, -0.2) is 0 Å². The third kappa shape index (κ3) is 3.25. The molecule has 0 saturated heterocycles. The molecular weight excluding hydrogens is 348 g/mol. The number of aliphatic imine (C=N–C) groups is 1. The van der Waals surface area contributed by atoms with E-state index in [-0.39, 0.29) is 0 Å². The number of rotatable bonds is 5. The summed E-state index contributed by atoms with van der Waals surface area (Å²) in [5.41, 5.74) is 4.18. The van der Waals surface area contributed by atoms with Crippen LogP contribution < -0.4 is 9.47 Å². The maximum Gasteiger partial charge on any atom is 0.119 e. The standard InChI is InChI=1S/C24H22N2O2/c1-17-22-6-4-5-7-23(22)24(16-25-18-8-12-20(27-2)13-9-18)26(17)19-10-14-21(28-3)15-11-19/h4-16H,1-3H3. The molecule has 4 rings (SSSR count). The van der Waals surface area contributed by atoms with E-state index in [4.69, 9.17) is 14.5 Å². The van der Waals surface area contributed by atoms with E-state index in [0.717, 1.165) is 28.6 Å². The van der Waals surface area contributed by atoms with Gasteiger partial charge in [-0.1, -0.05) is 24.3 Å². The predicted molar refractivity (Wildman–Crippen MR) is 115 cm³/mol. The summed E-state index contributed by atoms with van der Waals surface area (Å²) in [7, 11) is 3.34. The summed E-state index contributed by atoms with van der Waals surface area (Å²) in [6.07, 6.45) is 1.93. The van der Waals surface area contributed by atoms with E-state index in [1.807, 2.05) is 42.6 Å². The lowest BCUT2D eigenvalue weighted by Gasteiger charge is -2.10. The maximum atomic E-state index is 5.30. The Morgan fingerprint density at radius 3 is 1.93 bits per heavy atom. The molecule has 0 radical (unpaired) electrons. The van der Waals surface area contributed by atoms with Crippen molar-refractivity contribution in [2.24, 2.45) is 4.99 Å². The molecular formula is C24H22N2O2. The first kappa shape index (κ1) is 17.9. The molecule has 0 unspecified atom stereocenters. The van der Waals surface area contributed by atoms with Crippen LogP contribution in [0.4, 0.5) is 5.69 Å². The largest absolute Gasteiger partial charge is 0.497 e. The fourth-order valence-corrected chi connectivity index (χ4v) is 3.44. The van der Waals surface area contributed by atoms with Crippen molar-refractivity contribution in [3.05, 3.63) is 84.2 Å². The van der Waals surface area contributed by atoms with Crippen LogP contribution in [0, 0.1) is 6.92 Å². The molecule has 1 heterocycles. The number of aryl methyl sites for hydroxylation is 1. The SMILES string of the molecule is COc1ccc(N=Cc2c3ccccc3c(C)n2-c2ccc(OC)cc2)cc1. The Bertz CT molecular complexity index is 1120. The molecule has 0 saturated carbocycles. The second-order valence-electron chi connectivity index (χ2n) is 6.51. The minimum Gasteiger partial charge on any atom is -0.497 e. The molecule has 4 heteroatoms. The average Bonchev–Trinajstić information content (AvgIpc) is 3.04. The van der Waals surface area contributed by atoms with Crippen molar-refractivity contribution < 1.29 is 9.47 Å². The van der Waals surface area contributed by atoms with Gasteiger partial charge in [0.25, 0.3) is 0 Å². The van der Waals surface area contributed by atoms with Crippen LogP contribution in [0.5, 0.6) is 11.5 Å². The van der Waals surface area contributed by atoms with Crippen LogP contribution in [0.3, 0.4) is 0 Å². The topological polar surface area (TPSA) is 35.8 Å². The Morgan fingerprint density at radius 2 is 1.32 bits per heavy atom. The van der Waals surface area contributed by atoms with Gasteiger partial charge < -0.3 is 14.0 Å². The Morgan fingerprint density at radius 1 is 0.750 bits per heavy atom. The fraction of sp³-hybridized carbons (Fsp3) is 0.125. The Hall–Kier alpha value is -3.53. The normalized spacial score (nSPS) is 11.2. The van der Waals surface area contributed by atoms with Crippen LogP contribution in [-0.2, 0) is 0 Å². The maximum absolute atomic E-state index is 5.30. The first-order chi connectivity index (χ1) is 13.7. The molecule has 140 valence electrons. The van der Waals surface area contributed by atoms with Crippen molar-refractivity contribution in [1.29, 1.82) is 0 Å².